The van der Waals surface area contributed by atoms with Crippen molar-refractivity contribution in [1.29, 1.82) is 0 Å². The Kier molecular flexibility index (Phi) is 7.03. The highest BCUT2D eigenvalue weighted by Gasteiger charge is 2.33. The first-order chi connectivity index (χ1) is 13.8. The average molecular weight is 384 g/mol. The summed E-state index contributed by atoms with van der Waals surface area (Å²) in [4.78, 5) is 20.5. The minimum absolute atomic E-state index is 0.245. The second-order valence-electron chi connectivity index (χ2n) is 9.07. The van der Waals surface area contributed by atoms with E-state index in [1.54, 1.807) is 0 Å². The van der Waals surface area contributed by atoms with E-state index in [-0.39, 0.29) is 5.92 Å². The molecule has 1 amide bonds. The highest BCUT2D eigenvalue weighted by Crippen LogP contribution is 2.26. The molecule has 4 rings (SSSR count). The van der Waals surface area contributed by atoms with Crippen LogP contribution in [0.1, 0.15) is 56.9 Å². The van der Waals surface area contributed by atoms with Crippen molar-refractivity contribution in [2.75, 3.05) is 39.3 Å². The van der Waals surface area contributed by atoms with E-state index in [0.29, 0.717) is 11.9 Å². The van der Waals surface area contributed by atoms with Crippen LogP contribution in [0, 0.1) is 5.92 Å². The molecule has 0 bridgehead atoms. The summed E-state index contributed by atoms with van der Waals surface area (Å²) in [7, 11) is 0. The maximum atomic E-state index is 13.1. The molecule has 0 radical (unpaired) electrons. The molecule has 0 unspecified atom stereocenters. The van der Waals surface area contributed by atoms with Gasteiger partial charge in [-0.15, -0.1) is 0 Å². The molecule has 4 nitrogen and oxygen atoms in total. The third-order valence-electron chi connectivity index (χ3n) is 7.04. The average Bonchev–Trinajstić information content (AvgIpc) is 3.04. The third kappa shape index (κ3) is 5.15. The summed E-state index contributed by atoms with van der Waals surface area (Å²) < 4.78 is 0. The Morgan fingerprint density at radius 3 is 2.25 bits per heavy atom. The molecule has 3 heterocycles. The summed E-state index contributed by atoms with van der Waals surface area (Å²) in [5.74, 6) is 0.697. The van der Waals surface area contributed by atoms with Gasteiger partial charge in [0, 0.05) is 32.2 Å². The van der Waals surface area contributed by atoms with E-state index in [4.69, 9.17) is 0 Å². The zero-order valence-corrected chi connectivity index (χ0v) is 17.4. The zero-order valence-electron chi connectivity index (χ0n) is 17.4. The molecule has 3 saturated heterocycles. The molecular formula is C24H37N3O. The predicted molar refractivity (Wildman–Crippen MR) is 114 cm³/mol. The van der Waals surface area contributed by atoms with E-state index in [1.807, 2.05) is 0 Å². The number of piperidine rings is 2. The molecule has 3 aliphatic rings. The minimum Gasteiger partial charge on any atom is -0.342 e. The van der Waals surface area contributed by atoms with Crippen LogP contribution >= 0.6 is 0 Å². The van der Waals surface area contributed by atoms with Crippen molar-refractivity contribution in [3.63, 3.8) is 0 Å². The number of rotatable bonds is 4. The van der Waals surface area contributed by atoms with Gasteiger partial charge < -0.3 is 4.90 Å². The number of carbonyl (C=O) groups excluding carboxylic acids is 1. The van der Waals surface area contributed by atoms with E-state index in [1.165, 1.54) is 70.1 Å². The normalized spacial score (nSPS) is 26.1. The Bertz CT molecular complexity index is 604. The van der Waals surface area contributed by atoms with Gasteiger partial charge in [0.1, 0.15) is 0 Å². The lowest BCUT2D eigenvalue weighted by molar-refractivity contribution is -0.137. The van der Waals surface area contributed by atoms with Crippen molar-refractivity contribution < 1.29 is 4.79 Å². The number of hydrogen-bond donors (Lipinski definition) is 0. The van der Waals surface area contributed by atoms with Crippen LogP contribution in [0.4, 0.5) is 0 Å². The summed E-state index contributed by atoms with van der Waals surface area (Å²) in [6.07, 6.45) is 9.76. The maximum absolute atomic E-state index is 13.1. The second kappa shape index (κ2) is 9.89. The van der Waals surface area contributed by atoms with Gasteiger partial charge in [-0.3, -0.25) is 14.6 Å². The number of amides is 1. The van der Waals surface area contributed by atoms with Crippen LogP contribution in [-0.4, -0.2) is 65.9 Å². The van der Waals surface area contributed by atoms with Crippen molar-refractivity contribution in [3.05, 3.63) is 35.9 Å². The number of benzene rings is 1. The number of likely N-dealkylation sites (tertiary alicyclic amines) is 3. The van der Waals surface area contributed by atoms with Crippen LogP contribution in [0.25, 0.3) is 0 Å². The van der Waals surface area contributed by atoms with Crippen molar-refractivity contribution in [1.82, 2.24) is 14.7 Å². The lowest BCUT2D eigenvalue weighted by Crippen LogP contribution is -2.51. The molecule has 28 heavy (non-hydrogen) atoms. The molecule has 1 aromatic rings. The highest BCUT2D eigenvalue weighted by molar-refractivity contribution is 5.79. The van der Waals surface area contributed by atoms with E-state index in [9.17, 15) is 4.79 Å². The van der Waals surface area contributed by atoms with Crippen LogP contribution in [0.2, 0.25) is 0 Å². The lowest BCUT2D eigenvalue weighted by Gasteiger charge is -2.42. The van der Waals surface area contributed by atoms with Crippen LogP contribution in [0.3, 0.4) is 0 Å². The largest absolute Gasteiger partial charge is 0.342 e. The Morgan fingerprint density at radius 1 is 0.821 bits per heavy atom. The van der Waals surface area contributed by atoms with Gasteiger partial charge in [0.2, 0.25) is 5.91 Å². The molecule has 0 N–H and O–H groups in total. The fourth-order valence-electron chi connectivity index (χ4n) is 5.37. The van der Waals surface area contributed by atoms with Gasteiger partial charge in [-0.1, -0.05) is 43.2 Å². The first-order valence-electron chi connectivity index (χ1n) is 11.6. The van der Waals surface area contributed by atoms with E-state index >= 15 is 0 Å². The number of carbonyl (C=O) groups is 1. The van der Waals surface area contributed by atoms with Crippen molar-refractivity contribution in [2.45, 2.75) is 64.0 Å². The van der Waals surface area contributed by atoms with Gasteiger partial charge in [0.05, 0.1) is 5.92 Å². The summed E-state index contributed by atoms with van der Waals surface area (Å²) in [6.45, 7) is 7.61. The van der Waals surface area contributed by atoms with Gasteiger partial charge in [0.15, 0.2) is 0 Å². The lowest BCUT2D eigenvalue weighted by atomic mass is 9.92. The number of hydrogen-bond acceptors (Lipinski definition) is 3. The molecule has 0 aliphatic carbocycles. The second-order valence-corrected chi connectivity index (χ2v) is 9.07. The minimum atomic E-state index is 0.245. The summed E-state index contributed by atoms with van der Waals surface area (Å²) in [6, 6.07) is 11.5. The molecular weight excluding hydrogens is 346 g/mol. The van der Waals surface area contributed by atoms with Crippen molar-refractivity contribution in [3.8, 4) is 0 Å². The molecule has 0 aromatic heterocycles. The van der Waals surface area contributed by atoms with E-state index in [2.05, 4.69) is 45.0 Å². The van der Waals surface area contributed by atoms with Crippen LogP contribution in [0.15, 0.2) is 30.3 Å². The molecule has 1 aromatic carbocycles. The fourth-order valence-corrected chi connectivity index (χ4v) is 5.37. The third-order valence-corrected chi connectivity index (χ3v) is 7.04. The first-order valence-corrected chi connectivity index (χ1v) is 11.6. The summed E-state index contributed by atoms with van der Waals surface area (Å²) in [5.41, 5.74) is 1.42. The molecule has 154 valence electrons. The van der Waals surface area contributed by atoms with E-state index in [0.717, 1.165) is 32.6 Å². The quantitative estimate of drug-likeness (QED) is 0.792. The zero-order chi connectivity index (χ0) is 19.2. The predicted octanol–water partition coefficient (Wildman–Crippen LogP) is 3.77. The summed E-state index contributed by atoms with van der Waals surface area (Å²) >= 11 is 0. The molecule has 0 spiro atoms. The Balaban J connectivity index is 1.26. The monoisotopic (exact) mass is 383 g/mol. The van der Waals surface area contributed by atoms with Crippen molar-refractivity contribution >= 4 is 5.91 Å². The van der Waals surface area contributed by atoms with Crippen LogP contribution in [-0.2, 0) is 11.3 Å². The Labute approximate surface area is 170 Å². The smallest absolute Gasteiger partial charge is 0.226 e. The van der Waals surface area contributed by atoms with Gasteiger partial charge in [0.25, 0.3) is 0 Å². The van der Waals surface area contributed by atoms with E-state index < -0.39 is 0 Å². The molecule has 3 aliphatic heterocycles. The summed E-state index contributed by atoms with van der Waals surface area (Å²) in [5, 5.41) is 0. The SMILES string of the molecule is O=C([C@H]1CCCN(C2CCN(Cc3ccccc3)CC2)C1)N1CCCCCC1. The standard InChI is InChI=1S/C24H37N3O/c28-24(26-14-6-1-2-7-15-26)22-11-8-16-27(20-22)23-12-17-25(18-13-23)19-21-9-4-3-5-10-21/h3-5,9-10,22-23H,1-2,6-8,11-20H2/t22-/m0/s1. The van der Waals surface area contributed by atoms with Crippen molar-refractivity contribution in [2.24, 2.45) is 5.92 Å². The Morgan fingerprint density at radius 2 is 1.54 bits per heavy atom. The first kappa shape index (κ1) is 19.9. The Hall–Kier alpha value is -1.39. The topological polar surface area (TPSA) is 26.8 Å². The molecule has 4 heteroatoms. The molecule has 1 atom stereocenters. The van der Waals surface area contributed by atoms with Gasteiger partial charge in [-0.2, -0.15) is 0 Å². The van der Waals surface area contributed by atoms with Gasteiger partial charge in [-0.05, 0) is 63.7 Å². The fraction of sp³-hybridized carbons (Fsp3) is 0.708. The molecule has 3 fully saturated rings. The maximum Gasteiger partial charge on any atom is 0.226 e. The van der Waals surface area contributed by atoms with Gasteiger partial charge in [-0.25, -0.2) is 0 Å². The van der Waals surface area contributed by atoms with Crippen LogP contribution in [0.5, 0.6) is 0 Å². The van der Waals surface area contributed by atoms with Gasteiger partial charge >= 0.3 is 0 Å². The molecule has 0 saturated carbocycles. The highest BCUT2D eigenvalue weighted by atomic mass is 16.2. The number of nitrogens with zero attached hydrogens (tertiary/aromatic N) is 3. The van der Waals surface area contributed by atoms with Crippen LogP contribution < -0.4 is 0 Å².